The number of fused-ring (bicyclic) bond motifs is 1. The summed E-state index contributed by atoms with van der Waals surface area (Å²) in [6, 6.07) is 7.94. The predicted octanol–water partition coefficient (Wildman–Crippen LogP) is 6.22. The van der Waals surface area contributed by atoms with Crippen molar-refractivity contribution in [1.29, 1.82) is 0 Å². The van der Waals surface area contributed by atoms with E-state index in [1.165, 1.54) is 75.6 Å². The molecule has 0 aliphatic carbocycles. The van der Waals surface area contributed by atoms with Crippen LogP contribution in [0.2, 0.25) is 0 Å². The largest absolute Gasteiger partial charge is 0.618 e. The first kappa shape index (κ1) is 24.7. The number of halogens is 9. The summed E-state index contributed by atoms with van der Waals surface area (Å²) in [7, 11) is 0. The summed E-state index contributed by atoms with van der Waals surface area (Å²) in [5, 5.41) is 14.6. The highest BCUT2D eigenvalue weighted by Gasteiger charge is 2.73. The lowest BCUT2D eigenvalue weighted by atomic mass is 9.94. The first-order chi connectivity index (χ1) is 14.7. The van der Waals surface area contributed by atoms with Crippen molar-refractivity contribution in [2.24, 2.45) is 0 Å². The third-order valence-corrected chi connectivity index (χ3v) is 6.19. The van der Waals surface area contributed by atoms with Crippen molar-refractivity contribution in [2.45, 2.75) is 18.0 Å². The minimum absolute atomic E-state index is 0.0845. The van der Waals surface area contributed by atoms with Crippen molar-refractivity contribution >= 4 is 67.7 Å². The third kappa shape index (κ3) is 4.32. The van der Waals surface area contributed by atoms with Gasteiger partial charge in [-0.15, -0.1) is 0 Å². The van der Waals surface area contributed by atoms with E-state index in [4.69, 9.17) is 0 Å². The number of anilines is 1. The van der Waals surface area contributed by atoms with Gasteiger partial charge in [0, 0.05) is 35.8 Å². The van der Waals surface area contributed by atoms with Gasteiger partial charge in [-0.3, -0.25) is 4.79 Å². The molecule has 1 heterocycles. The molecule has 4 nitrogen and oxygen atoms in total. The lowest BCUT2D eigenvalue weighted by Gasteiger charge is -2.31. The molecule has 0 fully saturated rings. The summed E-state index contributed by atoms with van der Waals surface area (Å²) in [4.78, 5) is 12.6. The molecule has 32 heavy (non-hydrogen) atoms. The smallest absolute Gasteiger partial charge is 0.435 e. The van der Waals surface area contributed by atoms with Gasteiger partial charge < -0.3 is 10.5 Å². The minimum Gasteiger partial charge on any atom is -0.618 e. The summed E-state index contributed by atoms with van der Waals surface area (Å²) in [5.74, 6) is -0.727. The molecule has 1 N–H and O–H groups in total. The van der Waals surface area contributed by atoms with Crippen molar-refractivity contribution in [3.63, 3.8) is 0 Å². The predicted molar refractivity (Wildman–Crippen MR) is 118 cm³/mol. The summed E-state index contributed by atoms with van der Waals surface area (Å²) >= 11 is 2.83. The number of benzene rings is 2. The number of alkyl halides is 7. The Bertz CT molecular complexity index is 1180. The fourth-order valence-electron chi connectivity index (χ4n) is 2.90. The zero-order chi connectivity index (χ0) is 24.1. The summed E-state index contributed by atoms with van der Waals surface area (Å²) in [5.41, 5.74) is -6.93. The molecule has 0 bridgehead atoms. The molecule has 0 unspecified atom stereocenters. The zero-order valence-corrected chi connectivity index (χ0v) is 19.6. The van der Waals surface area contributed by atoms with Crippen molar-refractivity contribution in [3.8, 4) is 0 Å². The number of rotatable bonds is 3. The second-order valence-corrected chi connectivity index (χ2v) is 8.85. The van der Waals surface area contributed by atoms with Gasteiger partial charge in [0.15, 0.2) is 6.20 Å². The molecule has 3 rings (SSSR count). The van der Waals surface area contributed by atoms with E-state index in [1.807, 2.05) is 0 Å². The van der Waals surface area contributed by atoms with Crippen molar-refractivity contribution in [1.82, 2.24) is 0 Å². The number of carbonyl (C=O) groups is 1. The number of pyridine rings is 1. The highest BCUT2D eigenvalue weighted by Crippen LogP contribution is 2.54. The highest BCUT2D eigenvalue weighted by atomic mass is 127. The first-order valence-corrected chi connectivity index (χ1v) is 10.6. The number of hydrogen-bond acceptors (Lipinski definition) is 2. The standard InChI is InChI=1S/C19H9F7I2N2O2/c20-17(18(21,22)23,19(24,25)26)11-7-12(27)15(13(28)8-11)29-16(31)10-3-4-14-9(6-10)2-1-5-30(14)32/h1-8H,(H,29,31). The van der Waals surface area contributed by atoms with Crippen LogP contribution in [0.5, 0.6) is 0 Å². The Labute approximate surface area is 202 Å². The zero-order valence-electron chi connectivity index (χ0n) is 15.3. The molecule has 0 saturated carbocycles. The van der Waals surface area contributed by atoms with E-state index < -0.39 is 29.5 Å². The van der Waals surface area contributed by atoms with E-state index in [0.717, 1.165) is 0 Å². The Balaban J connectivity index is 1.99. The molecule has 13 heteroatoms. The van der Waals surface area contributed by atoms with E-state index in [2.05, 4.69) is 5.32 Å². The van der Waals surface area contributed by atoms with Crippen molar-refractivity contribution in [3.05, 3.63) is 72.1 Å². The quantitative estimate of drug-likeness (QED) is 0.154. The number of hydrogen-bond donors (Lipinski definition) is 1. The average molecular weight is 684 g/mol. The van der Waals surface area contributed by atoms with Crippen LogP contribution in [0.1, 0.15) is 15.9 Å². The summed E-state index contributed by atoms with van der Waals surface area (Å²) in [6.45, 7) is 0. The number of nitrogens with zero attached hydrogens (tertiary/aromatic N) is 1. The SMILES string of the molecule is O=C(Nc1c(I)cc(C(F)(C(F)(F)F)C(F)(F)F)cc1I)c1ccc2c(ccc[n+]2[O-])c1. The monoisotopic (exact) mass is 684 g/mol. The van der Waals surface area contributed by atoms with Gasteiger partial charge in [-0.1, -0.05) is 0 Å². The molecule has 3 aromatic rings. The van der Waals surface area contributed by atoms with E-state index in [9.17, 15) is 40.7 Å². The Kier molecular flexibility index (Phi) is 6.54. The molecule has 0 aliphatic rings. The van der Waals surface area contributed by atoms with Crippen LogP contribution in [0.25, 0.3) is 10.9 Å². The van der Waals surface area contributed by atoms with Gasteiger partial charge in [-0.2, -0.15) is 31.1 Å². The Morgan fingerprint density at radius 2 is 1.47 bits per heavy atom. The molecule has 0 aliphatic heterocycles. The molecule has 0 saturated heterocycles. The highest BCUT2D eigenvalue weighted by molar-refractivity contribution is 14.1. The maximum absolute atomic E-state index is 14.4. The second kappa shape index (κ2) is 8.46. The summed E-state index contributed by atoms with van der Waals surface area (Å²) < 4.78 is 92.8. The van der Waals surface area contributed by atoms with Gasteiger partial charge in [0.1, 0.15) is 0 Å². The molecule has 0 radical (unpaired) electrons. The maximum Gasteiger partial charge on any atom is 0.435 e. The van der Waals surface area contributed by atoms with Gasteiger partial charge in [-0.25, -0.2) is 4.39 Å². The summed E-state index contributed by atoms with van der Waals surface area (Å²) in [6.07, 6.45) is -11.2. The number of carbonyl (C=O) groups excluding carboxylic acids is 1. The molecule has 1 aromatic heterocycles. The van der Waals surface area contributed by atoms with Gasteiger partial charge in [-0.05, 0) is 75.5 Å². The molecule has 0 spiro atoms. The number of nitrogens with one attached hydrogen (secondary N) is 1. The van der Waals surface area contributed by atoms with Crippen LogP contribution in [0.15, 0.2) is 48.7 Å². The van der Waals surface area contributed by atoms with Crippen LogP contribution < -0.4 is 10.0 Å². The van der Waals surface area contributed by atoms with Crippen LogP contribution in [-0.2, 0) is 5.67 Å². The van der Waals surface area contributed by atoms with E-state index in [-0.39, 0.29) is 23.9 Å². The Morgan fingerprint density at radius 1 is 0.906 bits per heavy atom. The fraction of sp³-hybridized carbons (Fsp3) is 0.158. The third-order valence-electron chi connectivity index (χ3n) is 4.48. The van der Waals surface area contributed by atoms with Crippen LogP contribution in [0, 0.1) is 12.3 Å². The van der Waals surface area contributed by atoms with Gasteiger partial charge in [0.25, 0.3) is 5.91 Å². The van der Waals surface area contributed by atoms with E-state index in [1.54, 1.807) is 6.07 Å². The second-order valence-electron chi connectivity index (χ2n) is 6.53. The molecule has 2 aromatic carbocycles. The lowest BCUT2D eigenvalue weighted by molar-refractivity contribution is -0.577. The normalized spacial score (nSPS) is 12.8. The maximum atomic E-state index is 14.4. The van der Waals surface area contributed by atoms with Crippen molar-refractivity contribution < 1.29 is 40.3 Å². The minimum atomic E-state index is -6.24. The molecule has 0 atom stereocenters. The van der Waals surface area contributed by atoms with Gasteiger partial charge in [0.2, 0.25) is 5.52 Å². The van der Waals surface area contributed by atoms with Crippen LogP contribution in [0.4, 0.5) is 36.4 Å². The Morgan fingerprint density at radius 3 is 2.00 bits per heavy atom. The van der Waals surface area contributed by atoms with Crippen molar-refractivity contribution in [2.75, 3.05) is 5.32 Å². The van der Waals surface area contributed by atoms with Gasteiger partial charge in [0.05, 0.1) is 5.69 Å². The Hall–Kier alpha value is -1.91. The topological polar surface area (TPSA) is 56.0 Å². The molecule has 170 valence electrons. The molecular formula is C19H9F7I2N2O2. The van der Waals surface area contributed by atoms with Crippen LogP contribution in [0.3, 0.4) is 0 Å². The van der Waals surface area contributed by atoms with Crippen LogP contribution in [-0.4, -0.2) is 18.3 Å². The molecular weight excluding hydrogens is 675 g/mol. The van der Waals surface area contributed by atoms with Crippen LogP contribution >= 0.6 is 45.2 Å². The van der Waals surface area contributed by atoms with E-state index >= 15 is 0 Å². The van der Waals surface area contributed by atoms with Gasteiger partial charge >= 0.3 is 18.0 Å². The first-order valence-electron chi connectivity index (χ1n) is 8.42. The molecule has 1 amide bonds. The lowest BCUT2D eigenvalue weighted by Crippen LogP contribution is -2.50. The number of aromatic nitrogens is 1. The average Bonchev–Trinajstić information content (AvgIpc) is 2.68. The fourth-order valence-corrected chi connectivity index (χ4v) is 4.94. The number of amides is 1. The van der Waals surface area contributed by atoms with E-state index in [0.29, 0.717) is 22.2 Å².